The average Bonchev–Trinajstić information content (AvgIpc) is 2.79. The van der Waals surface area contributed by atoms with Crippen molar-refractivity contribution in [2.24, 2.45) is 5.92 Å². The molecule has 1 atom stereocenters. The maximum atomic E-state index is 8.92. The van der Waals surface area contributed by atoms with Crippen LogP contribution in [0.5, 0.6) is 0 Å². The Balaban J connectivity index is 1.95. The second-order valence-electron chi connectivity index (χ2n) is 3.77. The Morgan fingerprint density at radius 1 is 1.47 bits per heavy atom. The van der Waals surface area contributed by atoms with Gasteiger partial charge in [-0.3, -0.25) is 0 Å². The molecule has 78 valence electrons. The van der Waals surface area contributed by atoms with Crippen molar-refractivity contribution in [2.45, 2.75) is 6.42 Å². The first kappa shape index (κ1) is 10.4. The summed E-state index contributed by atoms with van der Waals surface area (Å²) in [6.45, 7) is 0.992. The van der Waals surface area contributed by atoms with Gasteiger partial charge in [0.05, 0.1) is 11.3 Å². The van der Waals surface area contributed by atoms with Gasteiger partial charge in [0.1, 0.15) is 6.07 Å². The van der Waals surface area contributed by atoms with Crippen LogP contribution in [0.4, 0.5) is 5.69 Å². The number of hydrogen-bond acceptors (Lipinski definition) is 3. The molecule has 3 heteroatoms. The van der Waals surface area contributed by atoms with Gasteiger partial charge < -0.3 is 5.32 Å². The topological polar surface area (TPSA) is 35.8 Å². The first-order valence-corrected chi connectivity index (χ1v) is 6.36. The third kappa shape index (κ3) is 2.66. The van der Waals surface area contributed by atoms with Crippen LogP contribution in [0.2, 0.25) is 0 Å². The zero-order chi connectivity index (χ0) is 10.5. The molecule has 1 saturated heterocycles. The minimum atomic E-state index is 0.739. The van der Waals surface area contributed by atoms with E-state index >= 15 is 0 Å². The molecule has 0 saturated carbocycles. The Kier molecular flexibility index (Phi) is 3.52. The molecular formula is C12H14N2S. The van der Waals surface area contributed by atoms with Crippen LogP contribution in [0.25, 0.3) is 0 Å². The summed E-state index contributed by atoms with van der Waals surface area (Å²) in [7, 11) is 0. The second-order valence-corrected chi connectivity index (χ2v) is 4.92. The first-order valence-electron chi connectivity index (χ1n) is 5.21. The molecule has 1 fully saturated rings. The standard InChI is InChI=1S/C12H14N2S/c13-7-11-3-1-2-4-12(11)14-8-10-5-6-15-9-10/h1-4,10,14H,5-6,8-9H2. The van der Waals surface area contributed by atoms with Gasteiger partial charge in [0.2, 0.25) is 0 Å². The van der Waals surface area contributed by atoms with E-state index in [1.807, 2.05) is 36.0 Å². The van der Waals surface area contributed by atoms with Gasteiger partial charge in [0, 0.05) is 6.54 Å². The van der Waals surface area contributed by atoms with E-state index < -0.39 is 0 Å². The molecule has 15 heavy (non-hydrogen) atoms. The van der Waals surface area contributed by atoms with Crippen LogP contribution in [0.1, 0.15) is 12.0 Å². The predicted octanol–water partition coefficient (Wildman–Crippen LogP) is 2.72. The van der Waals surface area contributed by atoms with E-state index in [4.69, 9.17) is 5.26 Å². The summed E-state index contributed by atoms with van der Waals surface area (Å²) in [5.74, 6) is 3.30. The van der Waals surface area contributed by atoms with E-state index in [2.05, 4.69) is 11.4 Å². The number of anilines is 1. The molecule has 0 aromatic heterocycles. The van der Waals surface area contributed by atoms with E-state index in [9.17, 15) is 0 Å². The van der Waals surface area contributed by atoms with E-state index in [-0.39, 0.29) is 0 Å². The van der Waals surface area contributed by atoms with Crippen LogP contribution in [0.3, 0.4) is 0 Å². The fraction of sp³-hybridized carbons (Fsp3) is 0.417. The van der Waals surface area contributed by atoms with Gasteiger partial charge in [-0.15, -0.1) is 0 Å². The van der Waals surface area contributed by atoms with Crippen molar-refractivity contribution >= 4 is 17.4 Å². The van der Waals surface area contributed by atoms with Crippen molar-refractivity contribution in [1.29, 1.82) is 5.26 Å². The Morgan fingerprint density at radius 3 is 3.07 bits per heavy atom. The normalized spacial score (nSPS) is 19.8. The smallest absolute Gasteiger partial charge is 0.101 e. The number of hydrogen-bond donors (Lipinski definition) is 1. The highest BCUT2D eigenvalue weighted by Gasteiger charge is 2.15. The number of nitriles is 1. The molecule has 0 radical (unpaired) electrons. The van der Waals surface area contributed by atoms with Crippen molar-refractivity contribution in [3.05, 3.63) is 29.8 Å². The lowest BCUT2D eigenvalue weighted by atomic mass is 10.1. The summed E-state index contributed by atoms with van der Waals surface area (Å²) in [6.07, 6.45) is 1.30. The minimum absolute atomic E-state index is 0.739. The van der Waals surface area contributed by atoms with E-state index in [0.717, 1.165) is 23.7 Å². The molecule has 1 aliphatic rings. The van der Waals surface area contributed by atoms with Crippen molar-refractivity contribution in [3.8, 4) is 6.07 Å². The van der Waals surface area contributed by atoms with Crippen LogP contribution in [0.15, 0.2) is 24.3 Å². The third-order valence-corrected chi connectivity index (χ3v) is 3.88. The largest absolute Gasteiger partial charge is 0.384 e. The SMILES string of the molecule is N#Cc1ccccc1NCC1CCSC1. The van der Waals surface area contributed by atoms with Crippen molar-refractivity contribution in [1.82, 2.24) is 0 Å². The molecule has 0 aliphatic carbocycles. The average molecular weight is 218 g/mol. The molecule has 2 rings (SSSR count). The highest BCUT2D eigenvalue weighted by atomic mass is 32.2. The first-order chi connectivity index (χ1) is 7.40. The minimum Gasteiger partial charge on any atom is -0.384 e. The maximum absolute atomic E-state index is 8.92. The number of rotatable bonds is 3. The number of nitrogens with one attached hydrogen (secondary N) is 1. The zero-order valence-electron chi connectivity index (χ0n) is 8.57. The van der Waals surface area contributed by atoms with Crippen LogP contribution in [0, 0.1) is 17.2 Å². The summed E-state index contributed by atoms with van der Waals surface area (Å²) in [5, 5.41) is 12.3. The lowest BCUT2D eigenvalue weighted by Crippen LogP contribution is -2.13. The molecule has 1 aromatic rings. The fourth-order valence-corrected chi connectivity index (χ4v) is 3.02. The monoisotopic (exact) mass is 218 g/mol. The van der Waals surface area contributed by atoms with Crippen LogP contribution in [-0.4, -0.2) is 18.1 Å². The van der Waals surface area contributed by atoms with Gasteiger partial charge in [-0.05, 0) is 36.0 Å². The Morgan fingerprint density at radius 2 is 2.33 bits per heavy atom. The molecule has 1 aromatic carbocycles. The molecule has 1 aliphatic heterocycles. The molecule has 0 amide bonds. The highest BCUT2D eigenvalue weighted by Crippen LogP contribution is 2.24. The lowest BCUT2D eigenvalue weighted by molar-refractivity contribution is 0.632. The summed E-state index contributed by atoms with van der Waals surface area (Å²) >= 11 is 2.02. The molecular weight excluding hydrogens is 204 g/mol. The van der Waals surface area contributed by atoms with Gasteiger partial charge in [-0.2, -0.15) is 17.0 Å². The Hall–Kier alpha value is -1.14. The molecule has 0 spiro atoms. The lowest BCUT2D eigenvalue weighted by Gasteiger charge is -2.11. The number of thioether (sulfide) groups is 1. The summed E-state index contributed by atoms with van der Waals surface area (Å²) < 4.78 is 0. The van der Waals surface area contributed by atoms with Crippen LogP contribution >= 0.6 is 11.8 Å². The second kappa shape index (κ2) is 5.09. The molecule has 1 N–H and O–H groups in total. The fourth-order valence-electron chi connectivity index (χ4n) is 1.73. The molecule has 1 heterocycles. The van der Waals surface area contributed by atoms with Gasteiger partial charge in [0.15, 0.2) is 0 Å². The number of para-hydroxylation sites is 1. The van der Waals surface area contributed by atoms with Gasteiger partial charge in [-0.1, -0.05) is 12.1 Å². The molecule has 2 nitrogen and oxygen atoms in total. The van der Waals surface area contributed by atoms with Crippen molar-refractivity contribution < 1.29 is 0 Å². The van der Waals surface area contributed by atoms with E-state index in [0.29, 0.717) is 0 Å². The predicted molar refractivity (Wildman–Crippen MR) is 65.1 cm³/mol. The summed E-state index contributed by atoms with van der Waals surface area (Å²) in [4.78, 5) is 0. The highest BCUT2D eigenvalue weighted by molar-refractivity contribution is 7.99. The zero-order valence-corrected chi connectivity index (χ0v) is 9.39. The quantitative estimate of drug-likeness (QED) is 0.847. The number of nitrogens with zero attached hydrogens (tertiary/aromatic N) is 1. The molecule has 1 unspecified atom stereocenters. The van der Waals surface area contributed by atoms with Gasteiger partial charge in [-0.25, -0.2) is 0 Å². The Labute approximate surface area is 94.7 Å². The van der Waals surface area contributed by atoms with Gasteiger partial charge in [0.25, 0.3) is 0 Å². The molecule has 0 bridgehead atoms. The van der Waals surface area contributed by atoms with Crippen LogP contribution < -0.4 is 5.32 Å². The van der Waals surface area contributed by atoms with E-state index in [1.54, 1.807) is 0 Å². The van der Waals surface area contributed by atoms with Crippen LogP contribution in [-0.2, 0) is 0 Å². The van der Waals surface area contributed by atoms with E-state index in [1.165, 1.54) is 17.9 Å². The van der Waals surface area contributed by atoms with Crippen molar-refractivity contribution in [2.75, 3.05) is 23.4 Å². The third-order valence-electron chi connectivity index (χ3n) is 2.65. The summed E-state index contributed by atoms with van der Waals surface area (Å²) in [6, 6.07) is 9.89. The number of benzene rings is 1. The maximum Gasteiger partial charge on any atom is 0.101 e. The van der Waals surface area contributed by atoms with Gasteiger partial charge >= 0.3 is 0 Å². The summed E-state index contributed by atoms with van der Waals surface area (Å²) in [5.41, 5.74) is 1.71. The van der Waals surface area contributed by atoms with Crippen molar-refractivity contribution in [3.63, 3.8) is 0 Å². The Bertz CT molecular complexity index is 364.